The van der Waals surface area contributed by atoms with Crippen molar-refractivity contribution in [1.29, 1.82) is 0 Å². The van der Waals surface area contributed by atoms with Gasteiger partial charge in [-0.2, -0.15) is 0 Å². The Labute approximate surface area is 217 Å². The van der Waals surface area contributed by atoms with Crippen LogP contribution in [0.3, 0.4) is 0 Å². The molecule has 1 atom stereocenters. The molecule has 4 rings (SSSR count). The van der Waals surface area contributed by atoms with Crippen LogP contribution in [0.25, 0.3) is 0 Å². The average Bonchev–Trinajstić information content (AvgIpc) is 2.91. The highest BCUT2D eigenvalue weighted by Crippen LogP contribution is 2.22. The molecule has 10 heteroatoms. The minimum Gasteiger partial charge on any atom is -0.497 e. The van der Waals surface area contributed by atoms with Crippen LogP contribution >= 0.6 is 0 Å². The first-order valence-electron chi connectivity index (χ1n) is 12.7. The maximum absolute atomic E-state index is 13.2. The molecular formula is C27H35N5O5. The maximum atomic E-state index is 13.2. The third-order valence-corrected chi connectivity index (χ3v) is 6.63. The van der Waals surface area contributed by atoms with Crippen LogP contribution in [0.1, 0.15) is 13.3 Å². The molecule has 2 aliphatic rings. The summed E-state index contributed by atoms with van der Waals surface area (Å²) in [6, 6.07) is 14.2. The summed E-state index contributed by atoms with van der Waals surface area (Å²) in [5.41, 5.74) is 1.70. The van der Waals surface area contributed by atoms with Gasteiger partial charge in [0, 0.05) is 56.7 Å². The van der Waals surface area contributed by atoms with Gasteiger partial charge in [0.1, 0.15) is 17.5 Å². The molecule has 2 N–H and O–H groups in total. The Morgan fingerprint density at radius 3 is 2.49 bits per heavy atom. The van der Waals surface area contributed by atoms with Gasteiger partial charge in [-0.05, 0) is 43.3 Å². The van der Waals surface area contributed by atoms with Crippen molar-refractivity contribution in [2.45, 2.75) is 19.4 Å². The number of nitrogens with one attached hydrogen (secondary N) is 2. The van der Waals surface area contributed by atoms with Gasteiger partial charge in [-0.1, -0.05) is 6.07 Å². The van der Waals surface area contributed by atoms with Crippen molar-refractivity contribution in [2.24, 2.45) is 0 Å². The van der Waals surface area contributed by atoms with Crippen LogP contribution in [0.5, 0.6) is 11.5 Å². The van der Waals surface area contributed by atoms with E-state index in [1.54, 1.807) is 36.3 Å². The quantitative estimate of drug-likeness (QED) is 0.529. The molecule has 3 amide bonds. The molecule has 198 valence electrons. The van der Waals surface area contributed by atoms with Crippen LogP contribution in [0.15, 0.2) is 48.5 Å². The lowest BCUT2D eigenvalue weighted by Gasteiger charge is -2.39. The fourth-order valence-corrected chi connectivity index (χ4v) is 4.66. The largest absolute Gasteiger partial charge is 0.497 e. The first-order valence-corrected chi connectivity index (χ1v) is 12.7. The SMILES string of the molecule is CCOc1ccc(NC(=O)C[C@H]2C(=O)NCCN2C(=O)CN2CCN(c3cccc(OC)c3)CC2)cc1. The van der Waals surface area contributed by atoms with E-state index in [1.165, 1.54) is 0 Å². The Bertz CT molecular complexity index is 1080. The van der Waals surface area contributed by atoms with E-state index in [4.69, 9.17) is 9.47 Å². The highest BCUT2D eigenvalue weighted by Gasteiger charge is 2.35. The number of methoxy groups -OCH3 is 1. The topological polar surface area (TPSA) is 103 Å². The molecule has 2 aliphatic heterocycles. The molecule has 2 aromatic carbocycles. The summed E-state index contributed by atoms with van der Waals surface area (Å²) in [5.74, 6) is 0.771. The number of ether oxygens (including phenoxy) is 2. The molecule has 0 saturated carbocycles. The van der Waals surface area contributed by atoms with Crippen molar-refractivity contribution in [2.75, 3.05) is 69.7 Å². The fraction of sp³-hybridized carbons (Fsp3) is 0.444. The summed E-state index contributed by atoms with van der Waals surface area (Å²) in [4.78, 5) is 44.5. The molecule has 0 radical (unpaired) electrons. The molecule has 2 heterocycles. The van der Waals surface area contributed by atoms with Gasteiger partial charge in [0.25, 0.3) is 0 Å². The van der Waals surface area contributed by atoms with Crippen molar-refractivity contribution < 1.29 is 23.9 Å². The van der Waals surface area contributed by atoms with E-state index < -0.39 is 6.04 Å². The van der Waals surface area contributed by atoms with Crippen molar-refractivity contribution in [3.8, 4) is 11.5 Å². The van der Waals surface area contributed by atoms with Crippen molar-refractivity contribution in [3.63, 3.8) is 0 Å². The van der Waals surface area contributed by atoms with E-state index in [0.717, 1.165) is 37.6 Å². The summed E-state index contributed by atoms with van der Waals surface area (Å²) in [5, 5.41) is 5.60. The normalized spacial score (nSPS) is 18.2. The van der Waals surface area contributed by atoms with Gasteiger partial charge < -0.3 is 29.9 Å². The highest BCUT2D eigenvalue weighted by molar-refractivity contribution is 5.97. The molecule has 0 aromatic heterocycles. The number of carbonyl (C=O) groups is 3. The van der Waals surface area contributed by atoms with E-state index >= 15 is 0 Å². The summed E-state index contributed by atoms with van der Waals surface area (Å²) in [6.45, 7) is 6.48. The molecule has 0 bridgehead atoms. The molecule has 2 fully saturated rings. The number of rotatable bonds is 9. The van der Waals surface area contributed by atoms with E-state index in [1.807, 2.05) is 25.1 Å². The van der Waals surface area contributed by atoms with Gasteiger partial charge in [-0.15, -0.1) is 0 Å². The summed E-state index contributed by atoms with van der Waals surface area (Å²) in [6.07, 6.45) is -0.103. The number of amides is 3. The van der Waals surface area contributed by atoms with Crippen molar-refractivity contribution in [3.05, 3.63) is 48.5 Å². The molecule has 2 saturated heterocycles. The zero-order chi connectivity index (χ0) is 26.2. The second-order valence-electron chi connectivity index (χ2n) is 9.07. The standard InChI is InChI=1S/C27H35N5O5/c1-3-37-22-9-7-20(8-10-22)29-25(33)18-24-27(35)28-11-12-32(24)26(34)19-30-13-15-31(16-14-30)21-5-4-6-23(17-21)36-2/h4-10,17,24H,3,11-16,18-19H2,1-2H3,(H,28,35)(H,29,33)/t24-/m0/s1. The van der Waals surface area contributed by atoms with Crippen LogP contribution in [0.4, 0.5) is 11.4 Å². The van der Waals surface area contributed by atoms with E-state index in [9.17, 15) is 14.4 Å². The molecule has 0 unspecified atom stereocenters. The van der Waals surface area contributed by atoms with Crippen LogP contribution in [-0.2, 0) is 14.4 Å². The second kappa shape index (κ2) is 12.4. The van der Waals surface area contributed by atoms with Crippen LogP contribution in [0, 0.1) is 0 Å². The average molecular weight is 510 g/mol. The number of hydrogen-bond acceptors (Lipinski definition) is 7. The zero-order valence-corrected chi connectivity index (χ0v) is 21.4. The van der Waals surface area contributed by atoms with Gasteiger partial charge in [0.15, 0.2) is 0 Å². The fourth-order valence-electron chi connectivity index (χ4n) is 4.66. The Morgan fingerprint density at radius 1 is 1.03 bits per heavy atom. The predicted octanol–water partition coefficient (Wildman–Crippen LogP) is 1.57. The van der Waals surface area contributed by atoms with Gasteiger partial charge in [-0.3, -0.25) is 19.3 Å². The number of piperazine rings is 2. The summed E-state index contributed by atoms with van der Waals surface area (Å²) >= 11 is 0. The first kappa shape index (κ1) is 26.3. The number of carbonyl (C=O) groups excluding carboxylic acids is 3. The third kappa shape index (κ3) is 6.91. The first-order chi connectivity index (χ1) is 18.0. The summed E-state index contributed by atoms with van der Waals surface area (Å²) < 4.78 is 10.7. The van der Waals surface area contributed by atoms with Crippen molar-refractivity contribution >= 4 is 29.1 Å². The zero-order valence-electron chi connectivity index (χ0n) is 21.4. The molecular weight excluding hydrogens is 474 g/mol. The minimum absolute atomic E-state index is 0.103. The number of benzene rings is 2. The number of nitrogens with zero attached hydrogens (tertiary/aromatic N) is 3. The molecule has 0 aliphatic carbocycles. The Kier molecular flexibility index (Phi) is 8.84. The van der Waals surface area contributed by atoms with Crippen LogP contribution < -0.4 is 25.0 Å². The molecule has 10 nitrogen and oxygen atoms in total. The summed E-state index contributed by atoms with van der Waals surface area (Å²) in [7, 11) is 1.65. The minimum atomic E-state index is -0.831. The van der Waals surface area contributed by atoms with E-state index in [0.29, 0.717) is 31.1 Å². The van der Waals surface area contributed by atoms with E-state index in [2.05, 4.69) is 26.5 Å². The van der Waals surface area contributed by atoms with E-state index in [-0.39, 0.29) is 30.7 Å². The van der Waals surface area contributed by atoms with Crippen LogP contribution in [0.2, 0.25) is 0 Å². The molecule has 37 heavy (non-hydrogen) atoms. The van der Waals surface area contributed by atoms with Gasteiger partial charge in [-0.25, -0.2) is 0 Å². The lowest BCUT2D eigenvalue weighted by atomic mass is 10.1. The smallest absolute Gasteiger partial charge is 0.243 e. The number of anilines is 2. The lowest BCUT2D eigenvalue weighted by molar-refractivity contribution is -0.145. The third-order valence-electron chi connectivity index (χ3n) is 6.63. The Morgan fingerprint density at radius 2 is 1.78 bits per heavy atom. The van der Waals surface area contributed by atoms with Crippen molar-refractivity contribution in [1.82, 2.24) is 15.1 Å². The molecule has 0 spiro atoms. The monoisotopic (exact) mass is 509 g/mol. The predicted molar refractivity (Wildman–Crippen MR) is 141 cm³/mol. The van der Waals surface area contributed by atoms with Crippen LogP contribution in [-0.4, -0.2) is 93.1 Å². The Balaban J connectivity index is 1.30. The number of hydrogen-bond donors (Lipinski definition) is 2. The molecule has 2 aromatic rings. The maximum Gasteiger partial charge on any atom is 0.243 e. The highest BCUT2D eigenvalue weighted by atomic mass is 16.5. The lowest BCUT2D eigenvalue weighted by Crippen LogP contribution is -2.60. The van der Waals surface area contributed by atoms with Gasteiger partial charge >= 0.3 is 0 Å². The van der Waals surface area contributed by atoms with Gasteiger partial charge in [0.2, 0.25) is 17.7 Å². The second-order valence-corrected chi connectivity index (χ2v) is 9.07. The Hall–Kier alpha value is -3.79. The van der Waals surface area contributed by atoms with Gasteiger partial charge in [0.05, 0.1) is 26.7 Å².